The second-order valence-corrected chi connectivity index (χ2v) is 13.0. The quantitative estimate of drug-likeness (QED) is 0.0836. The second kappa shape index (κ2) is 14.1. The van der Waals surface area contributed by atoms with Crippen molar-refractivity contribution >= 4 is 56.6 Å². The number of amides is 3. The number of carbonyl (C=O) groups is 3. The Morgan fingerprint density at radius 2 is 1.39 bits per heavy atom. The van der Waals surface area contributed by atoms with Crippen LogP contribution in [0, 0.1) is 5.92 Å². The van der Waals surface area contributed by atoms with Crippen molar-refractivity contribution in [2.45, 2.75) is 38.3 Å². The molecule has 0 aliphatic carbocycles. The molecule has 258 valence electrons. The summed E-state index contributed by atoms with van der Waals surface area (Å²) < 4.78 is 0. The van der Waals surface area contributed by atoms with Gasteiger partial charge in [-0.05, 0) is 65.6 Å². The Kier molecular flexibility index (Phi) is 9.27. The number of anilines is 3. The Balaban J connectivity index is 1.09. The lowest BCUT2D eigenvalue weighted by Crippen LogP contribution is -2.44. The maximum Gasteiger partial charge on any atom is 0.264 e. The number of hydrogen-bond donors (Lipinski definition) is 6. The molecule has 0 saturated heterocycles. The van der Waals surface area contributed by atoms with Crippen molar-refractivity contribution in [2.75, 3.05) is 22.1 Å². The Morgan fingerprint density at radius 3 is 2.00 bits per heavy atom. The highest BCUT2D eigenvalue weighted by molar-refractivity contribution is 6.08. The van der Waals surface area contributed by atoms with Gasteiger partial charge in [0.2, 0.25) is 11.8 Å². The summed E-state index contributed by atoms with van der Waals surface area (Å²) >= 11 is 0. The van der Waals surface area contributed by atoms with Crippen molar-refractivity contribution in [3.8, 4) is 0 Å². The molecule has 51 heavy (non-hydrogen) atoms. The zero-order valence-electron chi connectivity index (χ0n) is 28.1. The molecule has 0 unspecified atom stereocenters. The van der Waals surface area contributed by atoms with Gasteiger partial charge in [-0.15, -0.1) is 0 Å². The Bertz CT molecular complexity index is 2270. The predicted molar refractivity (Wildman–Crippen MR) is 199 cm³/mol. The van der Waals surface area contributed by atoms with Gasteiger partial charge in [0.25, 0.3) is 5.91 Å². The van der Waals surface area contributed by atoms with Gasteiger partial charge in [-0.3, -0.25) is 14.4 Å². The Morgan fingerprint density at radius 1 is 0.824 bits per heavy atom. The van der Waals surface area contributed by atoms with Gasteiger partial charge in [-0.25, -0.2) is 0 Å². The van der Waals surface area contributed by atoms with E-state index in [1.165, 1.54) is 0 Å². The Hall–Kier alpha value is -5.97. The van der Waals surface area contributed by atoms with E-state index in [9.17, 15) is 24.6 Å². The number of aliphatic hydroxyl groups is 2. The van der Waals surface area contributed by atoms with Gasteiger partial charge in [0.15, 0.2) is 5.60 Å². The van der Waals surface area contributed by atoms with E-state index in [1.54, 1.807) is 54.3 Å². The molecule has 0 bridgehead atoms. The maximum atomic E-state index is 14.1. The SMILES string of the molecule is C[C@@H](/C=C/CCO)[C@]1(O)C(=O)N(Cc2ccc(NC(=O)Cc3c[nH]c4ccccc34)cc2)c2ccc(NC(=O)Cc3c[nH]c4ccccc34)cc21. The largest absolute Gasteiger partial charge is 0.396 e. The van der Waals surface area contributed by atoms with E-state index in [1.807, 2.05) is 73.1 Å². The first-order valence-corrected chi connectivity index (χ1v) is 17.0. The number of H-pyrrole nitrogens is 2. The molecule has 0 radical (unpaired) electrons. The summed E-state index contributed by atoms with van der Waals surface area (Å²) in [4.78, 5) is 48.1. The van der Waals surface area contributed by atoms with Gasteiger partial charge >= 0.3 is 0 Å². The fourth-order valence-electron chi connectivity index (χ4n) is 6.88. The van der Waals surface area contributed by atoms with E-state index in [4.69, 9.17) is 0 Å². The molecule has 2 atom stereocenters. The van der Waals surface area contributed by atoms with Gasteiger partial charge in [0, 0.05) is 63.7 Å². The minimum absolute atomic E-state index is 0.0512. The number of carbonyl (C=O) groups excluding carboxylic acids is 3. The summed E-state index contributed by atoms with van der Waals surface area (Å²) in [5.74, 6) is -1.49. The average molecular weight is 682 g/mol. The smallest absolute Gasteiger partial charge is 0.264 e. The van der Waals surface area contributed by atoms with Crippen molar-refractivity contribution in [1.29, 1.82) is 0 Å². The van der Waals surface area contributed by atoms with Crippen molar-refractivity contribution in [3.05, 3.63) is 138 Å². The number of benzene rings is 4. The molecular formula is C41H39N5O5. The molecule has 10 heteroatoms. The van der Waals surface area contributed by atoms with E-state index >= 15 is 0 Å². The number of hydrogen-bond acceptors (Lipinski definition) is 5. The van der Waals surface area contributed by atoms with Crippen molar-refractivity contribution in [3.63, 3.8) is 0 Å². The fraction of sp³-hybridized carbons (Fsp3) is 0.195. The summed E-state index contributed by atoms with van der Waals surface area (Å²) in [6, 6.07) is 28.0. The average Bonchev–Trinajstić information content (AvgIpc) is 3.79. The number of nitrogens with one attached hydrogen (secondary N) is 4. The standard InChI is InChI=1S/C41H39N5O5/c1-26(8-6-7-19-47)41(51)34-22-31(45-39(49)21-29-24-43-36-12-5-3-10-33(29)36)17-18-37(34)46(40(41)50)25-27-13-15-30(16-14-27)44-38(48)20-28-23-42-35-11-4-2-9-32(28)35/h2-6,8-18,22-24,26,42-43,47,51H,7,19-21,25H2,1H3,(H,44,48)(H,45,49)/b8-6+/t26-,41+/m0/s1. The monoisotopic (exact) mass is 681 g/mol. The summed E-state index contributed by atoms with van der Waals surface area (Å²) in [6.07, 6.45) is 7.92. The first kappa shape index (κ1) is 33.5. The first-order valence-electron chi connectivity index (χ1n) is 17.0. The van der Waals surface area contributed by atoms with E-state index in [0.29, 0.717) is 29.0 Å². The molecule has 1 aliphatic rings. The summed E-state index contributed by atoms with van der Waals surface area (Å²) in [6.45, 7) is 1.89. The molecule has 7 rings (SSSR count). The molecule has 4 aromatic carbocycles. The molecule has 1 aliphatic heterocycles. The lowest BCUT2D eigenvalue weighted by Gasteiger charge is -2.28. The third-order valence-electron chi connectivity index (χ3n) is 9.56. The van der Waals surface area contributed by atoms with Crippen LogP contribution in [-0.4, -0.2) is 44.5 Å². The van der Waals surface area contributed by atoms with E-state index < -0.39 is 17.4 Å². The van der Waals surface area contributed by atoms with Crippen LogP contribution < -0.4 is 15.5 Å². The highest BCUT2D eigenvalue weighted by Gasteiger charge is 2.52. The van der Waals surface area contributed by atoms with Crippen LogP contribution in [0.5, 0.6) is 0 Å². The van der Waals surface area contributed by atoms with Crippen molar-refractivity contribution in [2.24, 2.45) is 5.92 Å². The number of aliphatic hydroxyl groups excluding tert-OH is 1. The lowest BCUT2D eigenvalue weighted by molar-refractivity contribution is -0.139. The summed E-state index contributed by atoms with van der Waals surface area (Å²) in [5, 5.41) is 29.3. The third-order valence-corrected chi connectivity index (χ3v) is 9.56. The van der Waals surface area contributed by atoms with Crippen molar-refractivity contribution in [1.82, 2.24) is 9.97 Å². The van der Waals surface area contributed by atoms with Gasteiger partial charge in [0.05, 0.1) is 25.1 Å². The Labute approximate surface area is 294 Å². The number of rotatable bonds is 12. The van der Waals surface area contributed by atoms with Crippen LogP contribution in [0.25, 0.3) is 21.8 Å². The number of aromatic nitrogens is 2. The molecule has 0 spiro atoms. The molecule has 6 N–H and O–H groups in total. The zero-order valence-corrected chi connectivity index (χ0v) is 28.1. The van der Waals surface area contributed by atoms with E-state index in [0.717, 1.165) is 38.5 Å². The van der Waals surface area contributed by atoms with Crippen LogP contribution in [0.15, 0.2) is 116 Å². The summed E-state index contributed by atoms with van der Waals surface area (Å²) in [7, 11) is 0. The van der Waals surface area contributed by atoms with Gasteiger partial charge in [-0.1, -0.05) is 67.6 Å². The van der Waals surface area contributed by atoms with E-state index in [-0.39, 0.29) is 37.8 Å². The normalized spacial score (nSPS) is 16.2. The number of aromatic amines is 2. The minimum Gasteiger partial charge on any atom is -0.396 e. The molecular weight excluding hydrogens is 642 g/mol. The molecule has 6 aromatic rings. The molecule has 0 saturated carbocycles. The second-order valence-electron chi connectivity index (χ2n) is 13.0. The molecule has 2 aromatic heterocycles. The fourth-order valence-corrected chi connectivity index (χ4v) is 6.88. The van der Waals surface area contributed by atoms with Crippen LogP contribution in [0.2, 0.25) is 0 Å². The van der Waals surface area contributed by atoms with Gasteiger partial charge < -0.3 is 35.7 Å². The van der Waals surface area contributed by atoms with E-state index in [2.05, 4.69) is 20.6 Å². The number of para-hydroxylation sites is 2. The van der Waals surface area contributed by atoms with Crippen LogP contribution >= 0.6 is 0 Å². The van der Waals surface area contributed by atoms with Crippen LogP contribution in [-0.2, 0) is 39.4 Å². The lowest BCUT2D eigenvalue weighted by atomic mass is 9.82. The van der Waals surface area contributed by atoms with Crippen molar-refractivity contribution < 1.29 is 24.6 Å². The number of nitrogens with zero attached hydrogens (tertiary/aromatic N) is 1. The van der Waals surface area contributed by atoms with Gasteiger partial charge in [-0.2, -0.15) is 0 Å². The van der Waals surface area contributed by atoms with Gasteiger partial charge in [0.1, 0.15) is 0 Å². The summed E-state index contributed by atoms with van der Waals surface area (Å²) in [5.41, 5.74) is 4.62. The minimum atomic E-state index is -1.91. The predicted octanol–water partition coefficient (Wildman–Crippen LogP) is 6.32. The first-order chi connectivity index (χ1) is 24.7. The molecule has 3 amide bonds. The maximum absolute atomic E-state index is 14.1. The molecule has 10 nitrogen and oxygen atoms in total. The third kappa shape index (κ3) is 6.66. The zero-order chi connectivity index (χ0) is 35.5. The molecule has 3 heterocycles. The highest BCUT2D eigenvalue weighted by Crippen LogP contribution is 2.47. The van der Waals surface area contributed by atoms with Crippen LogP contribution in [0.3, 0.4) is 0 Å². The topological polar surface area (TPSA) is 151 Å². The van der Waals surface area contributed by atoms with Crippen LogP contribution in [0.1, 0.15) is 35.6 Å². The van der Waals surface area contributed by atoms with Crippen LogP contribution in [0.4, 0.5) is 17.1 Å². The highest BCUT2D eigenvalue weighted by atomic mass is 16.3. The molecule has 0 fully saturated rings. The number of fused-ring (bicyclic) bond motifs is 3.